The summed E-state index contributed by atoms with van der Waals surface area (Å²) in [4.78, 5) is 22.7. The van der Waals surface area contributed by atoms with E-state index < -0.39 is 5.97 Å². The molecule has 0 heterocycles. The lowest BCUT2D eigenvalue weighted by molar-refractivity contribution is -0.145. The highest BCUT2D eigenvalue weighted by molar-refractivity contribution is 5.94. The third kappa shape index (κ3) is 4.21. The number of carbonyl (C=O) groups excluding carboxylic acids is 1. The maximum absolute atomic E-state index is 12.0. The van der Waals surface area contributed by atoms with Crippen molar-refractivity contribution in [3.8, 4) is 5.75 Å². The molecule has 0 aromatic heterocycles. The first-order valence-electron chi connectivity index (χ1n) is 7.22. The lowest BCUT2D eigenvalue weighted by atomic mass is 9.80. The van der Waals surface area contributed by atoms with Crippen LogP contribution >= 0.6 is 0 Å². The number of benzene rings is 1. The summed E-state index contributed by atoms with van der Waals surface area (Å²) in [5.41, 5.74) is 0.561. The molecule has 0 saturated heterocycles. The van der Waals surface area contributed by atoms with Crippen molar-refractivity contribution < 1.29 is 19.4 Å². The third-order valence-electron chi connectivity index (χ3n) is 3.52. The number of aliphatic carboxylic acids is 1. The Bertz CT molecular complexity index is 504. The second-order valence-corrected chi connectivity index (χ2v) is 5.91. The molecule has 1 amide bonds. The summed E-state index contributed by atoms with van der Waals surface area (Å²) in [5.74, 6) is -0.0721. The Kier molecular flexibility index (Phi) is 4.83. The molecule has 0 unspecified atom stereocenters. The first kappa shape index (κ1) is 15.4. The van der Waals surface area contributed by atoms with Crippen LogP contribution in [0.15, 0.2) is 24.3 Å². The summed E-state index contributed by atoms with van der Waals surface area (Å²) in [6.07, 6.45) is 1.02. The van der Waals surface area contributed by atoms with Gasteiger partial charge in [0.15, 0.2) is 0 Å². The molecule has 2 rings (SSSR count). The molecule has 2 N–H and O–H groups in total. The Balaban J connectivity index is 1.82. The highest BCUT2D eigenvalue weighted by Gasteiger charge is 2.35. The maximum atomic E-state index is 12.0. The number of hydrogen-bond donors (Lipinski definition) is 2. The van der Waals surface area contributed by atoms with Crippen LogP contribution in [0.5, 0.6) is 5.75 Å². The summed E-state index contributed by atoms with van der Waals surface area (Å²) < 4.78 is 5.56. The Labute approximate surface area is 124 Å². The fraction of sp³-hybridized carbons (Fsp3) is 0.500. The van der Waals surface area contributed by atoms with Gasteiger partial charge in [0.05, 0.1) is 12.5 Å². The first-order valence-corrected chi connectivity index (χ1v) is 7.22. The molecule has 1 aromatic rings. The van der Waals surface area contributed by atoms with Gasteiger partial charge in [-0.2, -0.15) is 0 Å². The number of amides is 1. The van der Waals surface area contributed by atoms with E-state index in [1.54, 1.807) is 24.3 Å². The largest absolute Gasteiger partial charge is 0.493 e. The molecule has 0 radical (unpaired) electrons. The maximum Gasteiger partial charge on any atom is 0.306 e. The highest BCUT2D eigenvalue weighted by Crippen LogP contribution is 2.27. The van der Waals surface area contributed by atoms with Gasteiger partial charge in [-0.1, -0.05) is 13.8 Å². The minimum Gasteiger partial charge on any atom is -0.493 e. The van der Waals surface area contributed by atoms with Gasteiger partial charge in [0.25, 0.3) is 5.91 Å². The van der Waals surface area contributed by atoms with E-state index in [4.69, 9.17) is 9.84 Å². The second kappa shape index (κ2) is 6.61. The van der Waals surface area contributed by atoms with Crippen molar-refractivity contribution in [3.05, 3.63) is 29.8 Å². The summed E-state index contributed by atoms with van der Waals surface area (Å²) in [6.45, 7) is 4.79. The molecule has 1 saturated carbocycles. The number of carboxylic acids is 1. The van der Waals surface area contributed by atoms with E-state index in [0.29, 0.717) is 30.9 Å². The molecule has 0 atom stereocenters. The number of rotatable bonds is 6. The van der Waals surface area contributed by atoms with E-state index >= 15 is 0 Å². The van der Waals surface area contributed by atoms with Crippen molar-refractivity contribution in [2.45, 2.75) is 32.7 Å². The number of carboxylic acid groups (broad SMARTS) is 1. The smallest absolute Gasteiger partial charge is 0.306 e. The van der Waals surface area contributed by atoms with Gasteiger partial charge in [-0.3, -0.25) is 9.59 Å². The minimum atomic E-state index is -0.785. The van der Waals surface area contributed by atoms with Crippen LogP contribution in [0.4, 0.5) is 0 Å². The van der Waals surface area contributed by atoms with Gasteiger partial charge in [-0.05, 0) is 43.0 Å². The number of carbonyl (C=O) groups is 2. The van der Waals surface area contributed by atoms with Gasteiger partial charge in [-0.15, -0.1) is 0 Å². The zero-order valence-corrected chi connectivity index (χ0v) is 12.3. The normalized spacial score (nSPS) is 20.7. The number of hydrogen-bond acceptors (Lipinski definition) is 3. The molecule has 1 aliphatic carbocycles. The van der Waals surface area contributed by atoms with Crippen molar-refractivity contribution >= 4 is 11.9 Å². The van der Waals surface area contributed by atoms with E-state index in [2.05, 4.69) is 19.2 Å². The van der Waals surface area contributed by atoms with Crippen LogP contribution < -0.4 is 10.1 Å². The average molecular weight is 291 g/mol. The number of ether oxygens (including phenoxy) is 1. The molecule has 21 heavy (non-hydrogen) atoms. The zero-order chi connectivity index (χ0) is 15.4. The molecule has 114 valence electrons. The fourth-order valence-electron chi connectivity index (χ4n) is 2.17. The van der Waals surface area contributed by atoms with Crippen LogP contribution in [0.1, 0.15) is 37.0 Å². The van der Waals surface area contributed by atoms with E-state index in [9.17, 15) is 9.59 Å². The molecule has 1 aromatic carbocycles. The lowest BCUT2D eigenvalue weighted by Crippen LogP contribution is -2.46. The van der Waals surface area contributed by atoms with Crippen LogP contribution in [-0.4, -0.2) is 29.6 Å². The summed E-state index contributed by atoms with van der Waals surface area (Å²) >= 11 is 0. The average Bonchev–Trinajstić information content (AvgIpc) is 2.39. The van der Waals surface area contributed by atoms with Crippen molar-refractivity contribution in [1.82, 2.24) is 5.32 Å². The molecular formula is C16H21NO4. The highest BCUT2D eigenvalue weighted by atomic mass is 16.5. The standard InChI is InChI=1S/C16H21NO4/c1-10(2)9-21-14-5-3-11(4-6-14)15(18)17-13-7-12(8-13)16(19)20/h3-6,10,12-13H,7-9H2,1-2H3,(H,17,18)(H,19,20). The van der Waals surface area contributed by atoms with Crippen LogP contribution in [0, 0.1) is 11.8 Å². The van der Waals surface area contributed by atoms with Crippen molar-refractivity contribution in [2.24, 2.45) is 11.8 Å². The Morgan fingerprint density at radius 3 is 2.43 bits per heavy atom. The van der Waals surface area contributed by atoms with Gasteiger partial charge in [0.1, 0.15) is 5.75 Å². The third-order valence-corrected chi connectivity index (χ3v) is 3.52. The predicted octanol–water partition coefficient (Wildman–Crippen LogP) is 2.31. The van der Waals surface area contributed by atoms with E-state index in [1.165, 1.54) is 0 Å². The Hall–Kier alpha value is -2.04. The molecular weight excluding hydrogens is 270 g/mol. The van der Waals surface area contributed by atoms with E-state index in [-0.39, 0.29) is 17.9 Å². The van der Waals surface area contributed by atoms with Gasteiger partial charge < -0.3 is 15.2 Å². The minimum absolute atomic E-state index is 0.0320. The fourth-order valence-corrected chi connectivity index (χ4v) is 2.17. The first-order chi connectivity index (χ1) is 9.95. The topological polar surface area (TPSA) is 75.6 Å². The Morgan fingerprint density at radius 2 is 1.90 bits per heavy atom. The van der Waals surface area contributed by atoms with Crippen LogP contribution in [0.25, 0.3) is 0 Å². The van der Waals surface area contributed by atoms with Crippen LogP contribution in [0.3, 0.4) is 0 Å². The molecule has 0 aliphatic heterocycles. The lowest BCUT2D eigenvalue weighted by Gasteiger charge is -2.32. The summed E-state index contributed by atoms with van der Waals surface area (Å²) in [6, 6.07) is 6.96. The summed E-state index contributed by atoms with van der Waals surface area (Å²) in [5, 5.41) is 11.6. The monoisotopic (exact) mass is 291 g/mol. The van der Waals surface area contributed by atoms with E-state index in [1.807, 2.05) is 0 Å². The van der Waals surface area contributed by atoms with E-state index in [0.717, 1.165) is 5.75 Å². The Morgan fingerprint density at radius 1 is 1.29 bits per heavy atom. The van der Waals surface area contributed by atoms with Gasteiger partial charge in [-0.25, -0.2) is 0 Å². The summed E-state index contributed by atoms with van der Waals surface area (Å²) in [7, 11) is 0. The number of nitrogens with one attached hydrogen (secondary N) is 1. The molecule has 1 fully saturated rings. The molecule has 0 bridgehead atoms. The van der Waals surface area contributed by atoms with Crippen LogP contribution in [0.2, 0.25) is 0 Å². The SMILES string of the molecule is CC(C)COc1ccc(C(=O)NC2CC(C(=O)O)C2)cc1. The zero-order valence-electron chi connectivity index (χ0n) is 12.3. The predicted molar refractivity (Wildman–Crippen MR) is 78.4 cm³/mol. The molecule has 5 heteroatoms. The van der Waals surface area contributed by atoms with Crippen molar-refractivity contribution in [2.75, 3.05) is 6.61 Å². The molecule has 5 nitrogen and oxygen atoms in total. The van der Waals surface area contributed by atoms with Gasteiger partial charge >= 0.3 is 5.97 Å². The second-order valence-electron chi connectivity index (χ2n) is 5.91. The van der Waals surface area contributed by atoms with Gasteiger partial charge in [0.2, 0.25) is 0 Å². The van der Waals surface area contributed by atoms with Crippen molar-refractivity contribution in [3.63, 3.8) is 0 Å². The van der Waals surface area contributed by atoms with Gasteiger partial charge in [0, 0.05) is 11.6 Å². The quantitative estimate of drug-likeness (QED) is 0.843. The van der Waals surface area contributed by atoms with Crippen molar-refractivity contribution in [1.29, 1.82) is 0 Å². The van der Waals surface area contributed by atoms with Crippen LogP contribution in [-0.2, 0) is 4.79 Å². The molecule has 0 spiro atoms. The molecule has 1 aliphatic rings.